The molecule has 0 heterocycles. The Bertz CT molecular complexity index is 391. The van der Waals surface area contributed by atoms with E-state index in [2.05, 4.69) is 19.1 Å². The number of carbonyl (C=O) groups is 2. The molecule has 2 heteroatoms. The quantitative estimate of drug-likeness (QED) is 0.117. The van der Waals surface area contributed by atoms with Gasteiger partial charge in [-0.25, -0.2) is 0 Å². The summed E-state index contributed by atoms with van der Waals surface area (Å²) in [6.07, 6.45) is 29.2. The minimum Gasteiger partial charge on any atom is -0.299 e. The second-order valence-electron chi connectivity index (χ2n) is 6.67. The van der Waals surface area contributed by atoms with Crippen molar-refractivity contribution < 1.29 is 9.59 Å². The normalized spacial score (nSPS) is 11.9. The second kappa shape index (κ2) is 20.6. The molecular weight excluding hydrogens is 308 g/mol. The van der Waals surface area contributed by atoms with Crippen LogP contribution in [0.3, 0.4) is 0 Å². The Hall–Kier alpha value is -1.44. The van der Waals surface area contributed by atoms with E-state index in [0.717, 1.165) is 12.8 Å². The zero-order valence-corrected chi connectivity index (χ0v) is 16.3. The van der Waals surface area contributed by atoms with Gasteiger partial charge in [0.15, 0.2) is 5.78 Å². The molecule has 0 N–H and O–H groups in total. The van der Waals surface area contributed by atoms with Crippen LogP contribution in [-0.2, 0) is 9.59 Å². The Kier molecular flexibility index (Phi) is 19.4. The fourth-order valence-electron chi connectivity index (χ4n) is 2.71. The fourth-order valence-corrected chi connectivity index (χ4v) is 2.71. The molecule has 0 amide bonds. The van der Waals surface area contributed by atoms with Gasteiger partial charge in [0, 0.05) is 0 Å². The zero-order valence-electron chi connectivity index (χ0n) is 16.3. The maximum absolute atomic E-state index is 11.2. The monoisotopic (exact) mass is 346 g/mol. The average Bonchev–Trinajstić information content (AvgIpc) is 2.62. The highest BCUT2D eigenvalue weighted by atomic mass is 16.1. The lowest BCUT2D eigenvalue weighted by molar-refractivity contribution is -0.111. The van der Waals surface area contributed by atoms with E-state index < -0.39 is 0 Å². The molecule has 0 aromatic heterocycles. The van der Waals surface area contributed by atoms with Gasteiger partial charge in [0.05, 0.1) is 0 Å². The third-order valence-corrected chi connectivity index (χ3v) is 4.25. The van der Waals surface area contributed by atoms with Gasteiger partial charge in [0.1, 0.15) is 6.29 Å². The van der Waals surface area contributed by atoms with Crippen molar-refractivity contribution in [2.24, 2.45) is 0 Å². The van der Waals surface area contributed by atoms with Gasteiger partial charge in [0.2, 0.25) is 0 Å². The third-order valence-electron chi connectivity index (χ3n) is 4.25. The number of hydrogen-bond donors (Lipinski definition) is 0. The summed E-state index contributed by atoms with van der Waals surface area (Å²) in [7, 11) is 0. The Balaban J connectivity index is 3.22. The lowest BCUT2D eigenvalue weighted by atomic mass is 10.1. The average molecular weight is 347 g/mol. The van der Waals surface area contributed by atoms with Crippen molar-refractivity contribution >= 4 is 12.1 Å². The molecule has 0 aliphatic rings. The largest absolute Gasteiger partial charge is 0.299 e. The number of rotatable bonds is 18. The topological polar surface area (TPSA) is 34.1 Å². The molecular formula is C23H38O2. The molecule has 0 atom stereocenters. The summed E-state index contributed by atoms with van der Waals surface area (Å²) in [5.74, 6) is -0.108. The van der Waals surface area contributed by atoms with E-state index in [4.69, 9.17) is 0 Å². The number of hydrogen-bond acceptors (Lipinski definition) is 2. The Morgan fingerprint density at radius 1 is 0.640 bits per heavy atom. The Morgan fingerprint density at radius 2 is 1.12 bits per heavy atom. The van der Waals surface area contributed by atoms with Crippen LogP contribution in [0.4, 0.5) is 0 Å². The van der Waals surface area contributed by atoms with Crippen molar-refractivity contribution in [1.29, 1.82) is 0 Å². The van der Waals surface area contributed by atoms with Crippen molar-refractivity contribution in [2.75, 3.05) is 0 Å². The highest BCUT2D eigenvalue weighted by molar-refractivity contribution is 6.00. The van der Waals surface area contributed by atoms with Crippen LogP contribution in [0.25, 0.3) is 0 Å². The number of ketones is 1. The summed E-state index contributed by atoms with van der Waals surface area (Å²) >= 11 is 0. The van der Waals surface area contributed by atoms with Gasteiger partial charge in [-0.3, -0.25) is 9.59 Å². The fraction of sp³-hybridized carbons (Fsp3) is 0.652. The first-order valence-electron chi connectivity index (χ1n) is 10.3. The summed E-state index contributed by atoms with van der Waals surface area (Å²) in [5, 5.41) is 0. The van der Waals surface area contributed by atoms with Crippen molar-refractivity contribution in [1.82, 2.24) is 0 Å². The minimum atomic E-state index is -0.108. The summed E-state index contributed by atoms with van der Waals surface area (Å²) in [5.41, 5.74) is 0. The maximum atomic E-state index is 11.2. The standard InChI is InChI=1S/C23H38O2/c1-2-3-4-5-6-7-8-9-10-11-12-13-14-15-16-17-18-20-23(25)21-19-22-24/h5-6,18-22H,2-4,7-17H2,1H3. The molecule has 0 spiro atoms. The number of unbranched alkanes of at least 4 members (excludes halogenated alkanes) is 12. The number of allylic oxidation sites excluding steroid dienone is 6. The van der Waals surface area contributed by atoms with Gasteiger partial charge >= 0.3 is 0 Å². The highest BCUT2D eigenvalue weighted by Crippen LogP contribution is 2.12. The molecule has 0 aliphatic carbocycles. The van der Waals surface area contributed by atoms with E-state index >= 15 is 0 Å². The van der Waals surface area contributed by atoms with Crippen molar-refractivity contribution in [3.63, 3.8) is 0 Å². The molecule has 25 heavy (non-hydrogen) atoms. The number of aldehydes is 1. The van der Waals surface area contributed by atoms with Crippen LogP contribution in [0, 0.1) is 0 Å². The van der Waals surface area contributed by atoms with Crippen molar-refractivity contribution in [2.45, 2.75) is 96.8 Å². The van der Waals surface area contributed by atoms with Gasteiger partial charge in [-0.1, -0.05) is 82.9 Å². The number of carbonyl (C=O) groups excluding carboxylic acids is 2. The summed E-state index contributed by atoms with van der Waals surface area (Å²) in [4.78, 5) is 21.3. The van der Waals surface area contributed by atoms with Crippen LogP contribution in [0.2, 0.25) is 0 Å². The van der Waals surface area contributed by atoms with Gasteiger partial charge in [0.25, 0.3) is 0 Å². The molecule has 0 saturated carbocycles. The molecule has 0 bridgehead atoms. The van der Waals surface area contributed by atoms with E-state index in [9.17, 15) is 9.59 Å². The van der Waals surface area contributed by atoms with E-state index in [1.165, 1.54) is 89.2 Å². The molecule has 0 unspecified atom stereocenters. The summed E-state index contributed by atoms with van der Waals surface area (Å²) in [6.45, 7) is 2.24. The molecule has 0 aromatic carbocycles. The molecule has 0 aliphatic heterocycles. The van der Waals surface area contributed by atoms with Crippen LogP contribution in [0.5, 0.6) is 0 Å². The Labute approximate surface area is 155 Å². The van der Waals surface area contributed by atoms with Crippen LogP contribution in [0.15, 0.2) is 36.5 Å². The van der Waals surface area contributed by atoms with E-state index in [1.807, 2.05) is 6.08 Å². The minimum absolute atomic E-state index is 0.108. The van der Waals surface area contributed by atoms with Gasteiger partial charge in [-0.15, -0.1) is 0 Å². The predicted molar refractivity (Wildman–Crippen MR) is 109 cm³/mol. The molecule has 0 fully saturated rings. The second-order valence-corrected chi connectivity index (χ2v) is 6.67. The van der Waals surface area contributed by atoms with Crippen LogP contribution in [-0.4, -0.2) is 12.1 Å². The predicted octanol–water partition coefficient (Wildman–Crippen LogP) is 6.90. The first-order valence-corrected chi connectivity index (χ1v) is 10.3. The third kappa shape index (κ3) is 20.5. The van der Waals surface area contributed by atoms with Crippen molar-refractivity contribution in [3.05, 3.63) is 36.5 Å². The molecule has 0 aromatic rings. The highest BCUT2D eigenvalue weighted by Gasteiger charge is 1.93. The summed E-state index contributed by atoms with van der Waals surface area (Å²) in [6, 6.07) is 0. The van der Waals surface area contributed by atoms with Crippen molar-refractivity contribution in [3.8, 4) is 0 Å². The first-order chi connectivity index (χ1) is 12.3. The van der Waals surface area contributed by atoms with Crippen LogP contribution < -0.4 is 0 Å². The first kappa shape index (κ1) is 23.6. The Morgan fingerprint density at radius 3 is 1.64 bits per heavy atom. The van der Waals surface area contributed by atoms with E-state index in [1.54, 1.807) is 6.08 Å². The molecule has 0 saturated heterocycles. The van der Waals surface area contributed by atoms with Gasteiger partial charge < -0.3 is 0 Å². The molecule has 0 radical (unpaired) electrons. The van der Waals surface area contributed by atoms with Gasteiger partial charge in [-0.2, -0.15) is 0 Å². The summed E-state index contributed by atoms with van der Waals surface area (Å²) < 4.78 is 0. The lowest BCUT2D eigenvalue weighted by Crippen LogP contribution is -1.85. The van der Waals surface area contributed by atoms with Crippen LogP contribution >= 0.6 is 0 Å². The van der Waals surface area contributed by atoms with Crippen LogP contribution in [0.1, 0.15) is 96.8 Å². The molecule has 142 valence electrons. The SMILES string of the molecule is CCCCC=CCCCCCCCCCCCC=CC(=O)C=CC=O. The maximum Gasteiger partial charge on any atom is 0.178 e. The van der Waals surface area contributed by atoms with E-state index in [0.29, 0.717) is 6.29 Å². The van der Waals surface area contributed by atoms with E-state index in [-0.39, 0.29) is 5.78 Å². The van der Waals surface area contributed by atoms with Gasteiger partial charge in [-0.05, 0) is 50.3 Å². The zero-order chi connectivity index (χ0) is 18.4. The smallest absolute Gasteiger partial charge is 0.178 e. The molecule has 0 rings (SSSR count). The lowest BCUT2D eigenvalue weighted by Gasteiger charge is -2.01. The molecule has 2 nitrogen and oxygen atoms in total.